The third-order valence-electron chi connectivity index (χ3n) is 3.85. The molecule has 1 unspecified atom stereocenters. The van der Waals surface area contributed by atoms with Crippen LogP contribution in [-0.4, -0.2) is 60.2 Å². The predicted molar refractivity (Wildman–Crippen MR) is 83.3 cm³/mol. The highest BCUT2D eigenvalue weighted by molar-refractivity contribution is 5.73. The zero-order valence-electron chi connectivity index (χ0n) is 12.5. The Morgan fingerprint density at radius 2 is 2.38 bits per heavy atom. The Bertz CT molecular complexity index is 508. The van der Waals surface area contributed by atoms with Gasteiger partial charge in [0.15, 0.2) is 5.82 Å². The Hall–Kier alpha value is -2.02. The Morgan fingerprint density at radius 3 is 3.05 bits per heavy atom. The molecule has 1 aromatic heterocycles. The van der Waals surface area contributed by atoms with Gasteiger partial charge in [0.25, 0.3) is 0 Å². The average molecular weight is 293 g/mol. The van der Waals surface area contributed by atoms with Gasteiger partial charge in [0, 0.05) is 33.6 Å². The number of nitrogens with one attached hydrogen (secondary N) is 1. The van der Waals surface area contributed by atoms with Crippen molar-refractivity contribution in [2.45, 2.75) is 19.4 Å². The number of nitrogen functional groups attached to an aromatic ring is 1. The molecule has 2 rings (SSSR count). The first-order chi connectivity index (χ1) is 10.0. The minimum atomic E-state index is 0.0283. The van der Waals surface area contributed by atoms with Crippen LogP contribution in [-0.2, 0) is 4.79 Å². The molecular weight excluding hydrogens is 270 g/mol. The summed E-state index contributed by atoms with van der Waals surface area (Å²) in [6, 6.07) is 3.91. The van der Waals surface area contributed by atoms with Crippen LogP contribution in [0.5, 0.6) is 0 Å². The summed E-state index contributed by atoms with van der Waals surface area (Å²) in [5, 5.41) is 11.9. The number of likely N-dealkylation sites (N-methyl/N-ethyl adjacent to an activating group) is 1. The Morgan fingerprint density at radius 1 is 1.62 bits per heavy atom. The number of nitrogens with two attached hydrogens (primary N) is 1. The normalized spacial score (nSPS) is 17.9. The monoisotopic (exact) mass is 293 g/mol. The minimum Gasteiger partial charge on any atom is -0.396 e. The van der Waals surface area contributed by atoms with Crippen molar-refractivity contribution in [1.29, 1.82) is 0 Å². The summed E-state index contributed by atoms with van der Waals surface area (Å²) in [5.74, 6) is 1.51. The van der Waals surface area contributed by atoms with E-state index in [1.807, 2.05) is 19.2 Å². The number of carbonyl (C=O) groups is 1. The fraction of sp³-hybridized carbons (Fsp3) is 0.571. The molecule has 0 spiro atoms. The summed E-state index contributed by atoms with van der Waals surface area (Å²) in [7, 11) is 1.83. The van der Waals surface area contributed by atoms with E-state index in [0.29, 0.717) is 18.1 Å². The highest BCUT2D eigenvalue weighted by Gasteiger charge is 2.28. The molecule has 21 heavy (non-hydrogen) atoms. The van der Waals surface area contributed by atoms with Crippen molar-refractivity contribution in [2.24, 2.45) is 0 Å². The van der Waals surface area contributed by atoms with Crippen LogP contribution in [0.25, 0.3) is 0 Å². The second kappa shape index (κ2) is 6.62. The maximum Gasteiger partial charge on any atom is 0.219 e. The summed E-state index contributed by atoms with van der Waals surface area (Å²) in [5.41, 5.74) is 6.43. The van der Waals surface area contributed by atoms with Gasteiger partial charge in [-0.25, -0.2) is 4.98 Å². The quantitative estimate of drug-likeness (QED) is 0.714. The Labute approximate surface area is 124 Å². The van der Waals surface area contributed by atoms with Gasteiger partial charge in [0.05, 0.1) is 18.3 Å². The standard InChI is InChI=1S/C14H23N5O2/c1-10(21)18(2)11-5-7-19(9-11)13-4-3-12(15)14(17-13)16-6-8-20/h3-4,11,20H,5-9,15H2,1-2H3,(H,16,17). The van der Waals surface area contributed by atoms with Crippen molar-refractivity contribution in [1.82, 2.24) is 9.88 Å². The van der Waals surface area contributed by atoms with E-state index >= 15 is 0 Å². The first kappa shape index (κ1) is 15.4. The minimum absolute atomic E-state index is 0.0283. The van der Waals surface area contributed by atoms with Crippen molar-refractivity contribution >= 4 is 23.2 Å². The van der Waals surface area contributed by atoms with E-state index in [4.69, 9.17) is 10.8 Å². The van der Waals surface area contributed by atoms with Crippen LogP contribution in [0.3, 0.4) is 0 Å². The Kier molecular flexibility index (Phi) is 4.85. The molecule has 1 fully saturated rings. The summed E-state index contributed by atoms with van der Waals surface area (Å²) < 4.78 is 0. The smallest absolute Gasteiger partial charge is 0.219 e. The number of aliphatic hydroxyl groups excluding tert-OH is 1. The number of nitrogens with zero attached hydrogens (tertiary/aromatic N) is 3. The maximum atomic E-state index is 11.4. The predicted octanol–water partition coefficient (Wildman–Crippen LogP) is 0.125. The molecule has 1 aliphatic rings. The van der Waals surface area contributed by atoms with Gasteiger partial charge in [0.2, 0.25) is 5.91 Å². The highest BCUT2D eigenvalue weighted by Crippen LogP contribution is 2.25. The highest BCUT2D eigenvalue weighted by atomic mass is 16.3. The van der Waals surface area contributed by atoms with E-state index in [0.717, 1.165) is 25.3 Å². The Balaban J connectivity index is 2.07. The van der Waals surface area contributed by atoms with Gasteiger partial charge in [0.1, 0.15) is 5.82 Å². The molecule has 4 N–H and O–H groups in total. The van der Waals surface area contributed by atoms with Crippen molar-refractivity contribution in [2.75, 3.05) is 49.2 Å². The maximum absolute atomic E-state index is 11.4. The van der Waals surface area contributed by atoms with Crippen molar-refractivity contribution < 1.29 is 9.90 Å². The SMILES string of the molecule is CC(=O)N(C)C1CCN(c2ccc(N)c(NCCO)n2)C1. The number of carbonyl (C=O) groups excluding carboxylic acids is 1. The van der Waals surface area contributed by atoms with Gasteiger partial charge < -0.3 is 26.0 Å². The fourth-order valence-electron chi connectivity index (χ4n) is 2.47. The largest absolute Gasteiger partial charge is 0.396 e. The van der Waals surface area contributed by atoms with Crippen molar-refractivity contribution in [3.05, 3.63) is 12.1 Å². The molecule has 0 aliphatic carbocycles. The molecule has 7 heteroatoms. The van der Waals surface area contributed by atoms with Crippen LogP contribution in [0, 0.1) is 0 Å². The molecule has 1 amide bonds. The molecular formula is C14H23N5O2. The average Bonchev–Trinajstić information content (AvgIpc) is 2.95. The van der Waals surface area contributed by atoms with Crippen LogP contribution in [0.1, 0.15) is 13.3 Å². The zero-order chi connectivity index (χ0) is 15.4. The second-order valence-electron chi connectivity index (χ2n) is 5.28. The topological polar surface area (TPSA) is 94.7 Å². The number of rotatable bonds is 5. The molecule has 1 aliphatic heterocycles. The van der Waals surface area contributed by atoms with Crippen LogP contribution >= 0.6 is 0 Å². The van der Waals surface area contributed by atoms with Crippen molar-refractivity contribution in [3.8, 4) is 0 Å². The molecule has 1 saturated heterocycles. The molecule has 7 nitrogen and oxygen atoms in total. The lowest BCUT2D eigenvalue weighted by Crippen LogP contribution is -2.37. The number of aliphatic hydroxyl groups is 1. The van der Waals surface area contributed by atoms with Crippen LogP contribution in [0.4, 0.5) is 17.3 Å². The molecule has 0 saturated carbocycles. The van der Waals surface area contributed by atoms with Gasteiger partial charge in [-0.1, -0.05) is 0 Å². The van der Waals surface area contributed by atoms with E-state index in [1.165, 1.54) is 0 Å². The van der Waals surface area contributed by atoms with Gasteiger partial charge in [-0.3, -0.25) is 4.79 Å². The van der Waals surface area contributed by atoms with Gasteiger partial charge in [-0.05, 0) is 18.6 Å². The molecule has 0 radical (unpaired) electrons. The van der Waals surface area contributed by atoms with E-state index in [1.54, 1.807) is 11.8 Å². The first-order valence-electron chi connectivity index (χ1n) is 7.12. The van der Waals surface area contributed by atoms with E-state index < -0.39 is 0 Å². The third kappa shape index (κ3) is 3.55. The zero-order valence-corrected chi connectivity index (χ0v) is 12.5. The number of pyridine rings is 1. The molecule has 2 heterocycles. The number of amides is 1. The lowest BCUT2D eigenvalue weighted by atomic mass is 10.2. The van der Waals surface area contributed by atoms with Gasteiger partial charge >= 0.3 is 0 Å². The molecule has 0 bridgehead atoms. The lowest BCUT2D eigenvalue weighted by Gasteiger charge is -2.24. The molecule has 1 aromatic rings. The third-order valence-corrected chi connectivity index (χ3v) is 3.85. The fourth-order valence-corrected chi connectivity index (χ4v) is 2.47. The summed E-state index contributed by atoms with van der Waals surface area (Å²) in [6.07, 6.45) is 0.932. The van der Waals surface area contributed by atoms with Crippen molar-refractivity contribution in [3.63, 3.8) is 0 Å². The summed E-state index contributed by atoms with van der Waals surface area (Å²) in [4.78, 5) is 19.9. The summed E-state index contributed by atoms with van der Waals surface area (Å²) in [6.45, 7) is 3.66. The summed E-state index contributed by atoms with van der Waals surface area (Å²) >= 11 is 0. The molecule has 1 atom stereocenters. The van der Waals surface area contributed by atoms with Gasteiger partial charge in [-0.15, -0.1) is 0 Å². The molecule has 0 aromatic carbocycles. The number of aromatic nitrogens is 1. The lowest BCUT2D eigenvalue weighted by molar-refractivity contribution is -0.129. The molecule has 116 valence electrons. The van der Waals surface area contributed by atoms with E-state index in [9.17, 15) is 4.79 Å². The van der Waals surface area contributed by atoms with Gasteiger partial charge in [-0.2, -0.15) is 0 Å². The number of anilines is 3. The number of hydrogen-bond acceptors (Lipinski definition) is 6. The van der Waals surface area contributed by atoms with Crippen LogP contribution in [0.2, 0.25) is 0 Å². The number of hydrogen-bond donors (Lipinski definition) is 3. The second-order valence-corrected chi connectivity index (χ2v) is 5.28. The van der Waals surface area contributed by atoms with Crippen LogP contribution < -0.4 is 16.0 Å². The van der Waals surface area contributed by atoms with E-state index in [-0.39, 0.29) is 18.6 Å². The van der Waals surface area contributed by atoms with Crippen LogP contribution in [0.15, 0.2) is 12.1 Å². The van der Waals surface area contributed by atoms with E-state index in [2.05, 4.69) is 15.2 Å². The first-order valence-corrected chi connectivity index (χ1v) is 7.12.